The topological polar surface area (TPSA) is 89.6 Å². The average Bonchev–Trinajstić information content (AvgIpc) is 3.00. The van der Waals surface area contributed by atoms with E-state index in [9.17, 15) is 9.18 Å². The summed E-state index contributed by atoms with van der Waals surface area (Å²) in [6.07, 6.45) is 2.14. The van der Waals surface area contributed by atoms with Gasteiger partial charge in [0.2, 0.25) is 0 Å². The summed E-state index contributed by atoms with van der Waals surface area (Å²) in [4.78, 5) is 17.1. The van der Waals surface area contributed by atoms with Gasteiger partial charge in [-0.2, -0.15) is 5.10 Å². The maximum absolute atomic E-state index is 13.4. The molecule has 0 spiro atoms. The van der Waals surface area contributed by atoms with Gasteiger partial charge in [0.1, 0.15) is 17.5 Å². The van der Waals surface area contributed by atoms with Crippen LogP contribution in [0.1, 0.15) is 25.2 Å². The lowest BCUT2D eigenvalue weighted by Crippen LogP contribution is -2.28. The molecule has 3 aromatic rings. The average molecular weight is 287 g/mol. The van der Waals surface area contributed by atoms with Gasteiger partial charge in [0.05, 0.1) is 23.1 Å². The van der Waals surface area contributed by atoms with Crippen LogP contribution in [0.3, 0.4) is 0 Å². The van der Waals surface area contributed by atoms with E-state index in [1.54, 1.807) is 6.07 Å². The van der Waals surface area contributed by atoms with E-state index in [0.717, 1.165) is 0 Å². The lowest BCUT2D eigenvalue weighted by Gasteiger charge is -2.16. The van der Waals surface area contributed by atoms with Crippen LogP contribution < -0.4 is 11.3 Å². The van der Waals surface area contributed by atoms with Crippen molar-refractivity contribution in [2.45, 2.75) is 19.4 Å². The lowest BCUT2D eigenvalue weighted by atomic mass is 10.2. The Bertz CT molecular complexity index is 840. The summed E-state index contributed by atoms with van der Waals surface area (Å²) in [7, 11) is 0. The summed E-state index contributed by atoms with van der Waals surface area (Å²) in [5, 5.41) is 6.76. The molecule has 3 N–H and O–H groups in total. The van der Waals surface area contributed by atoms with Crippen molar-refractivity contribution in [3.05, 3.63) is 52.5 Å². The maximum Gasteiger partial charge on any atom is 0.267 e. The van der Waals surface area contributed by atoms with Gasteiger partial charge in [-0.15, -0.1) is 0 Å². The van der Waals surface area contributed by atoms with Gasteiger partial charge in [-0.05, 0) is 24.6 Å². The quantitative estimate of drug-likeness (QED) is 0.766. The molecule has 0 aliphatic heterocycles. The van der Waals surface area contributed by atoms with Crippen LogP contribution in [-0.2, 0) is 0 Å². The smallest absolute Gasteiger partial charge is 0.267 e. The van der Waals surface area contributed by atoms with Crippen molar-refractivity contribution in [1.29, 1.82) is 0 Å². The molecule has 0 saturated heterocycles. The normalized spacial score (nSPS) is 12.7. The summed E-state index contributed by atoms with van der Waals surface area (Å²) in [6.45, 7) is 1.91. The molecular formula is C14H14FN5O. The lowest BCUT2D eigenvalue weighted by molar-refractivity contribution is 0.615. The Kier molecular flexibility index (Phi) is 3.26. The summed E-state index contributed by atoms with van der Waals surface area (Å²) in [5.74, 6) is 0.397. The first kappa shape index (κ1) is 13.4. The molecule has 0 aliphatic rings. The SMILES string of the molecule is CC[C@H](N)c1nc2ccc(F)cc2c(=O)n1-c1ccn[nH]1. The summed E-state index contributed by atoms with van der Waals surface area (Å²) in [6, 6.07) is 5.17. The van der Waals surface area contributed by atoms with E-state index in [2.05, 4.69) is 15.2 Å². The molecule has 0 radical (unpaired) electrons. The fraction of sp³-hybridized carbons (Fsp3) is 0.214. The molecule has 1 aromatic carbocycles. The first-order valence-corrected chi connectivity index (χ1v) is 6.59. The van der Waals surface area contributed by atoms with Gasteiger partial charge < -0.3 is 5.73 Å². The van der Waals surface area contributed by atoms with Crippen LogP contribution in [0.15, 0.2) is 35.3 Å². The number of fused-ring (bicyclic) bond motifs is 1. The number of hydrogen-bond donors (Lipinski definition) is 2. The number of nitrogens with two attached hydrogens (primary N) is 1. The molecule has 2 heterocycles. The molecule has 0 fully saturated rings. The van der Waals surface area contributed by atoms with Gasteiger partial charge in [-0.3, -0.25) is 9.89 Å². The number of H-pyrrole nitrogens is 1. The third-order valence-corrected chi connectivity index (χ3v) is 3.35. The maximum atomic E-state index is 13.4. The van der Waals surface area contributed by atoms with Gasteiger partial charge >= 0.3 is 0 Å². The van der Waals surface area contributed by atoms with E-state index in [0.29, 0.717) is 23.6 Å². The Morgan fingerprint density at radius 3 is 2.90 bits per heavy atom. The van der Waals surface area contributed by atoms with Crippen LogP contribution in [0.5, 0.6) is 0 Å². The molecule has 108 valence electrons. The van der Waals surface area contributed by atoms with Crippen LogP contribution in [-0.4, -0.2) is 19.7 Å². The molecule has 0 saturated carbocycles. The molecule has 7 heteroatoms. The third-order valence-electron chi connectivity index (χ3n) is 3.35. The van der Waals surface area contributed by atoms with Crippen LogP contribution in [0, 0.1) is 5.82 Å². The third kappa shape index (κ3) is 2.21. The number of nitrogens with zero attached hydrogens (tertiary/aromatic N) is 3. The number of benzene rings is 1. The van der Waals surface area contributed by atoms with E-state index in [-0.39, 0.29) is 10.9 Å². The number of hydrogen-bond acceptors (Lipinski definition) is 4. The minimum absolute atomic E-state index is 0.205. The Labute approximate surface area is 119 Å². The van der Waals surface area contributed by atoms with Crippen molar-refractivity contribution < 1.29 is 4.39 Å². The Morgan fingerprint density at radius 2 is 2.24 bits per heavy atom. The fourth-order valence-electron chi connectivity index (χ4n) is 2.21. The van der Waals surface area contributed by atoms with Crippen molar-refractivity contribution in [3.63, 3.8) is 0 Å². The standard InChI is InChI=1S/C14H14FN5O/c1-2-10(16)13-18-11-4-3-8(15)7-9(11)14(21)20(13)12-5-6-17-19-12/h3-7,10H,2,16H2,1H3,(H,17,19)/t10-/m0/s1. The second-order valence-electron chi connectivity index (χ2n) is 4.73. The minimum Gasteiger partial charge on any atom is -0.321 e. The van der Waals surface area contributed by atoms with E-state index in [1.807, 2.05) is 6.92 Å². The monoisotopic (exact) mass is 287 g/mol. The molecule has 3 rings (SSSR count). The van der Waals surface area contributed by atoms with Gasteiger partial charge in [-0.1, -0.05) is 6.92 Å². The van der Waals surface area contributed by atoms with Crippen molar-refractivity contribution in [2.75, 3.05) is 0 Å². The highest BCUT2D eigenvalue weighted by Gasteiger charge is 2.18. The molecule has 0 bridgehead atoms. The number of nitrogens with one attached hydrogen (secondary N) is 1. The second kappa shape index (κ2) is 5.10. The zero-order chi connectivity index (χ0) is 15.0. The van der Waals surface area contributed by atoms with Crippen molar-refractivity contribution >= 4 is 10.9 Å². The first-order chi connectivity index (χ1) is 10.1. The van der Waals surface area contributed by atoms with Gasteiger partial charge in [0.25, 0.3) is 5.56 Å². The van der Waals surface area contributed by atoms with Crippen LogP contribution in [0.4, 0.5) is 4.39 Å². The second-order valence-corrected chi connectivity index (χ2v) is 4.73. The molecular weight excluding hydrogens is 273 g/mol. The zero-order valence-corrected chi connectivity index (χ0v) is 11.4. The Morgan fingerprint density at radius 1 is 1.43 bits per heavy atom. The van der Waals surface area contributed by atoms with Gasteiger partial charge in [-0.25, -0.2) is 13.9 Å². The van der Waals surface area contributed by atoms with E-state index >= 15 is 0 Å². The predicted octanol–water partition coefficient (Wildman–Crippen LogP) is 1.66. The van der Waals surface area contributed by atoms with Gasteiger partial charge in [0, 0.05) is 6.07 Å². The molecule has 21 heavy (non-hydrogen) atoms. The number of aromatic amines is 1. The van der Waals surface area contributed by atoms with Crippen molar-refractivity contribution in [3.8, 4) is 5.82 Å². The van der Waals surface area contributed by atoms with Gasteiger partial charge in [0.15, 0.2) is 0 Å². The molecule has 0 amide bonds. The predicted molar refractivity (Wildman–Crippen MR) is 76.7 cm³/mol. The molecule has 1 atom stereocenters. The molecule has 0 aliphatic carbocycles. The number of rotatable bonds is 3. The van der Waals surface area contributed by atoms with E-state index < -0.39 is 11.9 Å². The summed E-state index contributed by atoms with van der Waals surface area (Å²) < 4.78 is 14.7. The Balaban J connectivity index is 2.41. The fourth-order valence-corrected chi connectivity index (χ4v) is 2.21. The molecule has 6 nitrogen and oxygen atoms in total. The van der Waals surface area contributed by atoms with E-state index in [1.165, 1.54) is 29.0 Å². The minimum atomic E-state index is -0.481. The number of halogens is 1. The Hall–Kier alpha value is -2.54. The first-order valence-electron chi connectivity index (χ1n) is 6.59. The summed E-state index contributed by atoms with van der Waals surface area (Å²) >= 11 is 0. The van der Waals surface area contributed by atoms with Crippen LogP contribution in [0.2, 0.25) is 0 Å². The molecule has 2 aromatic heterocycles. The summed E-state index contributed by atoms with van der Waals surface area (Å²) in [5.41, 5.74) is 6.11. The molecule has 0 unspecified atom stereocenters. The van der Waals surface area contributed by atoms with Crippen molar-refractivity contribution in [2.24, 2.45) is 5.73 Å². The van der Waals surface area contributed by atoms with Crippen molar-refractivity contribution in [1.82, 2.24) is 19.7 Å². The zero-order valence-electron chi connectivity index (χ0n) is 11.4. The van der Waals surface area contributed by atoms with Crippen LogP contribution in [0.25, 0.3) is 16.7 Å². The highest BCUT2D eigenvalue weighted by molar-refractivity contribution is 5.78. The highest BCUT2D eigenvalue weighted by atomic mass is 19.1. The highest BCUT2D eigenvalue weighted by Crippen LogP contribution is 2.18. The largest absolute Gasteiger partial charge is 0.321 e. The number of aromatic nitrogens is 4. The van der Waals surface area contributed by atoms with Crippen LogP contribution >= 0.6 is 0 Å². The van der Waals surface area contributed by atoms with E-state index in [4.69, 9.17) is 5.73 Å².